The summed E-state index contributed by atoms with van der Waals surface area (Å²) in [5.41, 5.74) is 0. The number of rotatable bonds is 6. The van der Waals surface area contributed by atoms with Crippen molar-refractivity contribution < 1.29 is 9.84 Å². The average molecular weight is 268 g/mol. The van der Waals surface area contributed by atoms with Crippen molar-refractivity contribution in [3.8, 4) is 0 Å². The van der Waals surface area contributed by atoms with Gasteiger partial charge < -0.3 is 15.2 Å². The fourth-order valence-electron chi connectivity index (χ4n) is 3.59. The van der Waals surface area contributed by atoms with Crippen molar-refractivity contribution in [3.63, 3.8) is 0 Å². The first kappa shape index (κ1) is 13.8. The summed E-state index contributed by atoms with van der Waals surface area (Å²) < 4.78 is 5.91. The number of aliphatic hydroxyl groups excluding tert-OH is 1. The standard InChI is InChI=1S/C15H28N2O2/c18-11-13(16-12-5-6-12)7-8-17-9-10-19-15-4-2-1-3-14(15)17/h12-16,18H,1-11H2. The third kappa shape index (κ3) is 3.69. The molecule has 3 rings (SSSR count). The molecule has 0 bridgehead atoms. The van der Waals surface area contributed by atoms with Crippen LogP contribution >= 0.6 is 0 Å². The van der Waals surface area contributed by atoms with E-state index in [0.29, 0.717) is 18.2 Å². The Morgan fingerprint density at radius 2 is 2.05 bits per heavy atom. The molecule has 3 unspecified atom stereocenters. The first-order chi connectivity index (χ1) is 9.36. The van der Waals surface area contributed by atoms with E-state index < -0.39 is 0 Å². The Morgan fingerprint density at radius 1 is 1.21 bits per heavy atom. The van der Waals surface area contributed by atoms with Gasteiger partial charge in [0.25, 0.3) is 0 Å². The topological polar surface area (TPSA) is 44.7 Å². The zero-order chi connectivity index (χ0) is 13.1. The van der Waals surface area contributed by atoms with E-state index in [1.54, 1.807) is 0 Å². The largest absolute Gasteiger partial charge is 0.395 e. The molecule has 3 aliphatic rings. The summed E-state index contributed by atoms with van der Waals surface area (Å²) >= 11 is 0. The zero-order valence-corrected chi connectivity index (χ0v) is 11.9. The fraction of sp³-hybridized carbons (Fsp3) is 1.00. The molecule has 0 aromatic carbocycles. The molecule has 4 nitrogen and oxygen atoms in total. The van der Waals surface area contributed by atoms with Gasteiger partial charge >= 0.3 is 0 Å². The molecule has 0 aromatic rings. The van der Waals surface area contributed by atoms with Crippen molar-refractivity contribution in [2.45, 2.75) is 69.2 Å². The average Bonchev–Trinajstić information content (AvgIpc) is 3.27. The number of nitrogens with zero attached hydrogens (tertiary/aromatic N) is 1. The van der Waals surface area contributed by atoms with Gasteiger partial charge in [-0.1, -0.05) is 12.8 Å². The van der Waals surface area contributed by atoms with E-state index in [2.05, 4.69) is 10.2 Å². The van der Waals surface area contributed by atoms with Crippen molar-refractivity contribution in [1.82, 2.24) is 10.2 Å². The van der Waals surface area contributed by atoms with Gasteiger partial charge in [0, 0.05) is 31.2 Å². The third-order valence-corrected chi connectivity index (χ3v) is 4.88. The fourth-order valence-corrected chi connectivity index (χ4v) is 3.59. The maximum absolute atomic E-state index is 9.46. The van der Waals surface area contributed by atoms with Crippen LogP contribution in [0, 0.1) is 0 Å². The Kier molecular flexibility index (Phi) is 4.74. The molecule has 0 aromatic heterocycles. The van der Waals surface area contributed by atoms with E-state index >= 15 is 0 Å². The summed E-state index contributed by atoms with van der Waals surface area (Å²) in [7, 11) is 0. The van der Waals surface area contributed by atoms with E-state index in [4.69, 9.17) is 4.74 Å². The van der Waals surface area contributed by atoms with Crippen molar-refractivity contribution in [1.29, 1.82) is 0 Å². The number of aliphatic hydroxyl groups is 1. The summed E-state index contributed by atoms with van der Waals surface area (Å²) in [5, 5.41) is 13.0. The van der Waals surface area contributed by atoms with E-state index in [9.17, 15) is 5.11 Å². The highest BCUT2D eigenvalue weighted by Gasteiger charge is 2.34. The molecule has 2 saturated carbocycles. The van der Waals surface area contributed by atoms with Crippen molar-refractivity contribution in [3.05, 3.63) is 0 Å². The maximum Gasteiger partial charge on any atom is 0.0730 e. The molecule has 3 fully saturated rings. The number of ether oxygens (including phenoxy) is 1. The minimum atomic E-state index is 0.273. The van der Waals surface area contributed by atoms with Crippen LogP contribution in [0.2, 0.25) is 0 Å². The van der Waals surface area contributed by atoms with Crippen LogP contribution in [0.25, 0.3) is 0 Å². The molecule has 2 aliphatic carbocycles. The number of hydrogen-bond acceptors (Lipinski definition) is 4. The summed E-state index contributed by atoms with van der Waals surface area (Å²) in [6.07, 6.45) is 9.34. The first-order valence-corrected chi connectivity index (χ1v) is 8.09. The van der Waals surface area contributed by atoms with Gasteiger partial charge in [-0.3, -0.25) is 4.90 Å². The van der Waals surface area contributed by atoms with Crippen LogP contribution in [0.15, 0.2) is 0 Å². The lowest BCUT2D eigenvalue weighted by molar-refractivity contribution is -0.0889. The first-order valence-electron chi connectivity index (χ1n) is 8.09. The van der Waals surface area contributed by atoms with Crippen LogP contribution in [0.4, 0.5) is 0 Å². The van der Waals surface area contributed by atoms with Crippen LogP contribution in [0.1, 0.15) is 44.9 Å². The summed E-state index contributed by atoms with van der Waals surface area (Å²) in [5.74, 6) is 0. The molecule has 1 saturated heterocycles. The Hall–Kier alpha value is -0.160. The molecule has 0 amide bonds. The smallest absolute Gasteiger partial charge is 0.0730 e. The second-order valence-corrected chi connectivity index (χ2v) is 6.41. The van der Waals surface area contributed by atoms with E-state index in [0.717, 1.165) is 26.1 Å². The van der Waals surface area contributed by atoms with Gasteiger partial charge in [0.1, 0.15) is 0 Å². The highest BCUT2D eigenvalue weighted by Crippen LogP contribution is 2.28. The Balaban J connectivity index is 1.46. The minimum Gasteiger partial charge on any atom is -0.395 e. The molecular formula is C15H28N2O2. The molecule has 0 radical (unpaired) electrons. The monoisotopic (exact) mass is 268 g/mol. The van der Waals surface area contributed by atoms with Gasteiger partial charge in [-0.05, 0) is 32.1 Å². The van der Waals surface area contributed by atoms with Gasteiger partial charge in [0.15, 0.2) is 0 Å². The molecule has 2 N–H and O–H groups in total. The quantitative estimate of drug-likeness (QED) is 0.758. The number of hydrogen-bond donors (Lipinski definition) is 2. The third-order valence-electron chi connectivity index (χ3n) is 4.88. The summed E-state index contributed by atoms with van der Waals surface area (Å²) in [4.78, 5) is 2.62. The number of nitrogens with one attached hydrogen (secondary N) is 1. The Labute approximate surface area is 116 Å². The molecule has 1 aliphatic heterocycles. The van der Waals surface area contributed by atoms with Gasteiger partial charge in [-0.15, -0.1) is 0 Å². The van der Waals surface area contributed by atoms with Crippen molar-refractivity contribution >= 4 is 0 Å². The number of fused-ring (bicyclic) bond motifs is 1. The maximum atomic E-state index is 9.46. The summed E-state index contributed by atoms with van der Waals surface area (Å²) in [6, 6.07) is 1.62. The van der Waals surface area contributed by atoms with E-state index in [1.165, 1.54) is 38.5 Å². The van der Waals surface area contributed by atoms with Crippen LogP contribution in [0.5, 0.6) is 0 Å². The minimum absolute atomic E-state index is 0.273. The number of morpholine rings is 1. The SMILES string of the molecule is OCC(CCN1CCOC2CCCCC21)NC1CC1. The second kappa shape index (κ2) is 6.53. The lowest BCUT2D eigenvalue weighted by Gasteiger charge is -2.44. The molecular weight excluding hydrogens is 240 g/mol. The van der Waals surface area contributed by atoms with Crippen molar-refractivity contribution in [2.75, 3.05) is 26.3 Å². The molecule has 19 heavy (non-hydrogen) atoms. The highest BCUT2D eigenvalue weighted by atomic mass is 16.5. The molecule has 110 valence electrons. The summed E-state index contributed by atoms with van der Waals surface area (Å²) in [6.45, 7) is 3.34. The normalized spacial score (nSPS) is 33.9. The lowest BCUT2D eigenvalue weighted by Crippen LogP contribution is -2.53. The molecule has 3 atom stereocenters. The van der Waals surface area contributed by atoms with Gasteiger partial charge in [0.2, 0.25) is 0 Å². The second-order valence-electron chi connectivity index (χ2n) is 6.41. The van der Waals surface area contributed by atoms with Crippen LogP contribution in [0.3, 0.4) is 0 Å². The van der Waals surface area contributed by atoms with E-state index in [-0.39, 0.29) is 12.6 Å². The lowest BCUT2D eigenvalue weighted by atomic mass is 9.90. The molecule has 0 spiro atoms. The van der Waals surface area contributed by atoms with Crippen LogP contribution in [-0.2, 0) is 4.74 Å². The van der Waals surface area contributed by atoms with Crippen molar-refractivity contribution in [2.24, 2.45) is 0 Å². The van der Waals surface area contributed by atoms with Crippen LogP contribution in [-0.4, -0.2) is 60.5 Å². The van der Waals surface area contributed by atoms with Crippen LogP contribution < -0.4 is 5.32 Å². The van der Waals surface area contributed by atoms with Gasteiger partial charge in [-0.2, -0.15) is 0 Å². The van der Waals surface area contributed by atoms with Gasteiger partial charge in [0.05, 0.1) is 19.3 Å². The molecule has 1 heterocycles. The van der Waals surface area contributed by atoms with E-state index in [1.807, 2.05) is 0 Å². The predicted octanol–water partition coefficient (Wildman–Crippen LogP) is 1.13. The van der Waals surface area contributed by atoms with Gasteiger partial charge in [-0.25, -0.2) is 0 Å². The molecule has 4 heteroatoms. The highest BCUT2D eigenvalue weighted by molar-refractivity contribution is 4.89. The Bertz CT molecular complexity index is 281. The zero-order valence-electron chi connectivity index (χ0n) is 11.9. The Morgan fingerprint density at radius 3 is 2.84 bits per heavy atom. The predicted molar refractivity (Wildman–Crippen MR) is 75.2 cm³/mol.